The van der Waals surface area contributed by atoms with Crippen molar-refractivity contribution in [2.24, 2.45) is 0 Å². The molecule has 2 aliphatic rings. The summed E-state index contributed by atoms with van der Waals surface area (Å²) < 4.78 is 10.5. The van der Waals surface area contributed by atoms with Crippen LogP contribution in [0.4, 0.5) is 4.79 Å². The molecular weight excluding hydrogens is 258 g/mol. The highest BCUT2D eigenvalue weighted by Crippen LogP contribution is 2.34. The van der Waals surface area contributed by atoms with E-state index < -0.39 is 0 Å². The fourth-order valence-corrected chi connectivity index (χ4v) is 2.61. The molecule has 17 heavy (non-hydrogen) atoms. The van der Waals surface area contributed by atoms with Crippen LogP contribution in [0.2, 0.25) is 0 Å². The van der Waals surface area contributed by atoms with E-state index in [2.05, 4.69) is 5.32 Å². The molecule has 1 aromatic rings. The molecule has 0 saturated carbocycles. The summed E-state index contributed by atoms with van der Waals surface area (Å²) in [7, 11) is 0. The number of nitrogens with one attached hydrogen (secondary N) is 1. The van der Waals surface area contributed by atoms with E-state index in [1.165, 1.54) is 0 Å². The Kier molecular flexibility index (Phi) is 2.53. The van der Waals surface area contributed by atoms with Crippen LogP contribution in [-0.2, 0) is 0 Å². The lowest BCUT2D eigenvalue weighted by atomic mass is 10.2. The summed E-state index contributed by atoms with van der Waals surface area (Å²) in [5, 5.41) is 2.43. The molecule has 1 amide bonds. The molecule has 0 unspecified atom stereocenters. The van der Waals surface area contributed by atoms with E-state index in [1.54, 1.807) is 0 Å². The monoisotopic (exact) mass is 265 g/mol. The van der Waals surface area contributed by atoms with Gasteiger partial charge in [-0.15, -0.1) is 0 Å². The molecule has 1 fully saturated rings. The Labute approximate surface area is 107 Å². The summed E-state index contributed by atoms with van der Waals surface area (Å²) in [6, 6.07) is 5.60. The van der Waals surface area contributed by atoms with Gasteiger partial charge in [0.25, 0.3) is 5.24 Å². The zero-order valence-electron chi connectivity index (χ0n) is 8.56. The molecule has 4 nitrogen and oxygen atoms in total. The van der Waals surface area contributed by atoms with Crippen LogP contribution < -0.4 is 14.8 Å². The van der Waals surface area contributed by atoms with E-state index in [0.717, 1.165) is 28.0 Å². The van der Waals surface area contributed by atoms with Crippen molar-refractivity contribution in [3.63, 3.8) is 0 Å². The zero-order chi connectivity index (χ0) is 11.8. The normalized spacial score (nSPS) is 19.9. The van der Waals surface area contributed by atoms with Gasteiger partial charge in [0.05, 0.1) is 4.91 Å². The number of ether oxygens (including phenoxy) is 2. The molecule has 2 heterocycles. The van der Waals surface area contributed by atoms with E-state index in [0.29, 0.717) is 10.7 Å². The maximum absolute atomic E-state index is 11.1. The van der Waals surface area contributed by atoms with Crippen molar-refractivity contribution in [3.8, 4) is 11.5 Å². The summed E-state index contributed by atoms with van der Waals surface area (Å²) in [6.45, 7) is 0.253. The van der Waals surface area contributed by atoms with Gasteiger partial charge in [0.1, 0.15) is 4.99 Å². The fraction of sp³-hybridized carbons (Fsp3) is 0.0909. The van der Waals surface area contributed by atoms with Crippen LogP contribution in [0, 0.1) is 0 Å². The highest BCUT2D eigenvalue weighted by atomic mass is 32.2. The Morgan fingerprint density at radius 1 is 1.35 bits per heavy atom. The summed E-state index contributed by atoms with van der Waals surface area (Å²) in [4.78, 5) is 12.3. The molecule has 0 aromatic heterocycles. The van der Waals surface area contributed by atoms with E-state index in [1.807, 2.05) is 24.3 Å². The first kappa shape index (κ1) is 10.6. The third-order valence-corrected chi connectivity index (χ3v) is 3.62. The molecule has 6 heteroatoms. The standard InChI is InChI=1S/C11H7NO3S2/c13-11-12-10(16)9(17-11)4-6-1-2-7-8(3-6)15-5-14-7/h1-4H,5H2,(H,12,13,16)/b9-4+. The second kappa shape index (κ2) is 4.05. The average Bonchev–Trinajstić information content (AvgIpc) is 2.85. The number of hydrogen-bond acceptors (Lipinski definition) is 5. The molecule has 2 aliphatic heterocycles. The highest BCUT2D eigenvalue weighted by molar-refractivity contribution is 8.19. The molecule has 1 N–H and O–H groups in total. The third kappa shape index (κ3) is 2.01. The summed E-state index contributed by atoms with van der Waals surface area (Å²) in [5.41, 5.74) is 0.926. The van der Waals surface area contributed by atoms with Gasteiger partial charge in [-0.25, -0.2) is 0 Å². The van der Waals surface area contributed by atoms with Gasteiger partial charge in [-0.05, 0) is 35.5 Å². The van der Waals surface area contributed by atoms with Crippen molar-refractivity contribution in [2.75, 3.05) is 6.79 Å². The number of rotatable bonds is 1. The smallest absolute Gasteiger partial charge is 0.289 e. The Bertz CT molecular complexity index is 554. The third-order valence-electron chi connectivity index (χ3n) is 2.34. The van der Waals surface area contributed by atoms with Crippen molar-refractivity contribution in [1.82, 2.24) is 5.32 Å². The maximum atomic E-state index is 11.1. The van der Waals surface area contributed by atoms with Crippen molar-refractivity contribution in [2.45, 2.75) is 0 Å². The lowest BCUT2D eigenvalue weighted by Crippen LogP contribution is -2.15. The lowest BCUT2D eigenvalue weighted by Gasteiger charge is -1.99. The molecule has 0 atom stereocenters. The minimum atomic E-state index is -0.137. The number of hydrogen-bond donors (Lipinski definition) is 1. The molecular formula is C11H7NO3S2. The summed E-state index contributed by atoms with van der Waals surface area (Å²) >= 11 is 6.14. The van der Waals surface area contributed by atoms with Crippen LogP contribution in [0.15, 0.2) is 23.1 Å². The van der Waals surface area contributed by atoms with E-state index in [9.17, 15) is 4.79 Å². The first-order valence-electron chi connectivity index (χ1n) is 4.87. The number of thiocarbonyl (C=S) groups is 1. The van der Waals surface area contributed by atoms with Gasteiger partial charge in [0.2, 0.25) is 6.79 Å². The van der Waals surface area contributed by atoms with Crippen LogP contribution in [0.1, 0.15) is 5.56 Å². The Balaban J connectivity index is 1.93. The number of amides is 1. The topological polar surface area (TPSA) is 47.6 Å². The number of fused-ring (bicyclic) bond motifs is 1. The second-order valence-corrected chi connectivity index (χ2v) is 4.89. The summed E-state index contributed by atoms with van der Waals surface area (Å²) in [6.07, 6.45) is 1.85. The SMILES string of the molecule is O=C1NC(=S)/C(=C\c2ccc3c(c2)OCO3)S1. The van der Waals surface area contributed by atoms with Gasteiger partial charge in [-0.3, -0.25) is 4.79 Å². The van der Waals surface area contributed by atoms with Gasteiger partial charge >= 0.3 is 0 Å². The Hall–Kier alpha value is -1.53. The molecule has 0 spiro atoms. The second-order valence-electron chi connectivity index (χ2n) is 3.46. The van der Waals surface area contributed by atoms with Crippen molar-refractivity contribution >= 4 is 40.3 Å². The summed E-state index contributed by atoms with van der Waals surface area (Å²) in [5.74, 6) is 1.45. The number of benzene rings is 1. The van der Waals surface area contributed by atoms with Crippen LogP contribution in [0.3, 0.4) is 0 Å². The van der Waals surface area contributed by atoms with Gasteiger partial charge in [0.15, 0.2) is 11.5 Å². The molecule has 0 bridgehead atoms. The fourth-order valence-electron chi connectivity index (χ4n) is 1.58. The minimum Gasteiger partial charge on any atom is -0.454 e. The first-order valence-corrected chi connectivity index (χ1v) is 6.09. The highest BCUT2D eigenvalue weighted by Gasteiger charge is 2.21. The quantitative estimate of drug-likeness (QED) is 0.624. The van der Waals surface area contributed by atoms with Crippen molar-refractivity contribution in [3.05, 3.63) is 28.7 Å². The van der Waals surface area contributed by atoms with Gasteiger partial charge in [-0.1, -0.05) is 18.3 Å². The molecule has 1 saturated heterocycles. The molecule has 0 aliphatic carbocycles. The number of carbonyl (C=O) groups is 1. The van der Waals surface area contributed by atoms with Crippen LogP contribution in [0.25, 0.3) is 6.08 Å². The predicted octanol–water partition coefficient (Wildman–Crippen LogP) is 2.54. The molecule has 3 rings (SSSR count). The molecule has 1 aromatic carbocycles. The van der Waals surface area contributed by atoms with E-state index >= 15 is 0 Å². The molecule has 0 radical (unpaired) electrons. The van der Waals surface area contributed by atoms with Crippen LogP contribution in [0.5, 0.6) is 11.5 Å². The van der Waals surface area contributed by atoms with Gasteiger partial charge in [-0.2, -0.15) is 0 Å². The van der Waals surface area contributed by atoms with Crippen molar-refractivity contribution in [1.29, 1.82) is 0 Å². The lowest BCUT2D eigenvalue weighted by molar-refractivity contribution is 0.174. The zero-order valence-corrected chi connectivity index (χ0v) is 10.2. The van der Waals surface area contributed by atoms with Crippen LogP contribution >= 0.6 is 24.0 Å². The predicted molar refractivity (Wildman–Crippen MR) is 69.3 cm³/mol. The number of thioether (sulfide) groups is 1. The van der Waals surface area contributed by atoms with Gasteiger partial charge < -0.3 is 14.8 Å². The maximum Gasteiger partial charge on any atom is 0.289 e. The first-order chi connectivity index (χ1) is 8.22. The van der Waals surface area contributed by atoms with Gasteiger partial charge in [0, 0.05) is 0 Å². The largest absolute Gasteiger partial charge is 0.454 e. The van der Waals surface area contributed by atoms with Crippen LogP contribution in [-0.4, -0.2) is 17.0 Å². The average molecular weight is 265 g/mol. The Morgan fingerprint density at radius 3 is 2.94 bits per heavy atom. The van der Waals surface area contributed by atoms with E-state index in [-0.39, 0.29) is 12.0 Å². The van der Waals surface area contributed by atoms with Crippen molar-refractivity contribution < 1.29 is 14.3 Å². The number of carbonyl (C=O) groups excluding carboxylic acids is 1. The minimum absolute atomic E-state index is 0.137. The molecule has 86 valence electrons. The Morgan fingerprint density at radius 2 is 2.18 bits per heavy atom. The van der Waals surface area contributed by atoms with E-state index in [4.69, 9.17) is 21.7 Å².